The number of anilines is 1. The predicted octanol–water partition coefficient (Wildman–Crippen LogP) is 3.15. The van der Waals surface area contributed by atoms with Crippen LogP contribution in [0.2, 0.25) is 0 Å². The molecular weight excluding hydrogens is 376 g/mol. The van der Waals surface area contributed by atoms with Crippen LogP contribution in [0.15, 0.2) is 71.9 Å². The normalized spacial score (nSPS) is 11.8. The lowest BCUT2D eigenvalue weighted by atomic mass is 10.2. The van der Waals surface area contributed by atoms with Gasteiger partial charge in [-0.15, -0.1) is 0 Å². The minimum absolute atomic E-state index is 0.144. The van der Waals surface area contributed by atoms with Crippen molar-refractivity contribution in [2.24, 2.45) is 0 Å². The summed E-state index contributed by atoms with van der Waals surface area (Å²) in [6.07, 6.45) is 3.50. The second-order valence-electron chi connectivity index (χ2n) is 6.59. The summed E-state index contributed by atoms with van der Waals surface area (Å²) in [5, 5.41) is 6.92. The van der Waals surface area contributed by atoms with Gasteiger partial charge in [-0.2, -0.15) is 9.40 Å². The van der Waals surface area contributed by atoms with Crippen LogP contribution in [-0.4, -0.2) is 41.5 Å². The Morgan fingerprint density at radius 3 is 2.25 bits per heavy atom. The Bertz CT molecular complexity index is 1040. The molecule has 0 atom stereocenters. The number of carbonyl (C=O) groups excluding carboxylic acids is 1. The lowest BCUT2D eigenvalue weighted by Crippen LogP contribution is -2.33. The van der Waals surface area contributed by atoms with Gasteiger partial charge in [-0.3, -0.25) is 4.79 Å². The molecule has 3 rings (SSSR count). The molecule has 1 N–H and O–H groups in total. The van der Waals surface area contributed by atoms with Crippen molar-refractivity contribution in [3.8, 4) is 5.69 Å². The Morgan fingerprint density at radius 1 is 1.07 bits per heavy atom. The highest BCUT2D eigenvalue weighted by Gasteiger charge is 2.22. The fourth-order valence-electron chi connectivity index (χ4n) is 2.54. The van der Waals surface area contributed by atoms with Gasteiger partial charge < -0.3 is 5.32 Å². The van der Waals surface area contributed by atoms with Gasteiger partial charge in [0, 0.05) is 36.7 Å². The van der Waals surface area contributed by atoms with Crippen molar-refractivity contribution in [3.63, 3.8) is 0 Å². The highest BCUT2D eigenvalue weighted by molar-refractivity contribution is 7.89. The molecule has 0 unspecified atom stereocenters. The molecule has 1 amide bonds. The third kappa shape index (κ3) is 4.13. The molecule has 1 heterocycles. The molecule has 0 bridgehead atoms. The number of nitrogens with zero attached hydrogens (tertiary/aromatic N) is 3. The van der Waals surface area contributed by atoms with Crippen molar-refractivity contribution in [1.82, 2.24) is 14.1 Å². The topological polar surface area (TPSA) is 84.3 Å². The summed E-state index contributed by atoms with van der Waals surface area (Å²) >= 11 is 0. The van der Waals surface area contributed by atoms with E-state index in [1.165, 1.54) is 16.4 Å². The SMILES string of the molecule is CC(C)N(C)S(=O)(=O)c1ccc(NC(=O)c2ccc(-n3cccn3)cc2)cc1. The molecule has 8 heteroatoms. The summed E-state index contributed by atoms with van der Waals surface area (Å²) < 4.78 is 28.0. The maximum absolute atomic E-state index is 12.5. The quantitative estimate of drug-likeness (QED) is 0.691. The van der Waals surface area contributed by atoms with Gasteiger partial charge in [-0.05, 0) is 68.4 Å². The van der Waals surface area contributed by atoms with Crippen LogP contribution in [0.1, 0.15) is 24.2 Å². The van der Waals surface area contributed by atoms with E-state index in [1.54, 1.807) is 54.3 Å². The van der Waals surface area contributed by atoms with Gasteiger partial charge in [-0.1, -0.05) is 0 Å². The van der Waals surface area contributed by atoms with E-state index >= 15 is 0 Å². The van der Waals surface area contributed by atoms with E-state index in [-0.39, 0.29) is 16.8 Å². The highest BCUT2D eigenvalue weighted by Crippen LogP contribution is 2.19. The Balaban J connectivity index is 1.71. The van der Waals surface area contributed by atoms with Crippen LogP contribution < -0.4 is 5.32 Å². The van der Waals surface area contributed by atoms with Gasteiger partial charge in [0.2, 0.25) is 10.0 Å². The van der Waals surface area contributed by atoms with E-state index in [4.69, 9.17) is 0 Å². The molecule has 28 heavy (non-hydrogen) atoms. The monoisotopic (exact) mass is 398 g/mol. The molecule has 146 valence electrons. The molecule has 0 spiro atoms. The van der Waals surface area contributed by atoms with Crippen LogP contribution in [0.5, 0.6) is 0 Å². The molecule has 0 saturated heterocycles. The van der Waals surface area contributed by atoms with E-state index in [9.17, 15) is 13.2 Å². The molecule has 0 aliphatic rings. The van der Waals surface area contributed by atoms with Gasteiger partial charge in [-0.25, -0.2) is 13.1 Å². The molecular formula is C20H22N4O3S. The summed E-state index contributed by atoms with van der Waals surface area (Å²) in [5.74, 6) is -0.276. The van der Waals surface area contributed by atoms with Gasteiger partial charge in [0.05, 0.1) is 10.6 Å². The molecule has 0 saturated carbocycles. The summed E-state index contributed by atoms with van der Waals surface area (Å²) in [4.78, 5) is 12.6. The van der Waals surface area contributed by atoms with E-state index in [1.807, 2.05) is 26.1 Å². The number of rotatable bonds is 6. The zero-order chi connectivity index (χ0) is 20.3. The van der Waals surface area contributed by atoms with Gasteiger partial charge >= 0.3 is 0 Å². The molecule has 0 radical (unpaired) electrons. The highest BCUT2D eigenvalue weighted by atomic mass is 32.2. The lowest BCUT2D eigenvalue weighted by molar-refractivity contribution is 0.102. The Labute approximate surface area is 164 Å². The number of hydrogen-bond acceptors (Lipinski definition) is 4. The molecule has 0 fully saturated rings. The van der Waals surface area contributed by atoms with Crippen molar-refractivity contribution in [1.29, 1.82) is 0 Å². The van der Waals surface area contributed by atoms with Crippen molar-refractivity contribution in [3.05, 3.63) is 72.6 Å². The third-order valence-electron chi connectivity index (χ3n) is 4.41. The Hall–Kier alpha value is -2.97. The molecule has 1 aromatic heterocycles. The summed E-state index contributed by atoms with van der Waals surface area (Å²) in [6, 6.07) is 14.9. The second kappa shape index (κ2) is 7.95. The Morgan fingerprint density at radius 2 is 1.71 bits per heavy atom. The zero-order valence-electron chi connectivity index (χ0n) is 15.9. The number of aromatic nitrogens is 2. The average Bonchev–Trinajstić information content (AvgIpc) is 3.22. The van der Waals surface area contributed by atoms with Crippen molar-refractivity contribution in [2.75, 3.05) is 12.4 Å². The minimum Gasteiger partial charge on any atom is -0.322 e. The average molecular weight is 398 g/mol. The molecule has 2 aromatic carbocycles. The number of benzene rings is 2. The third-order valence-corrected chi connectivity index (χ3v) is 6.46. The van der Waals surface area contributed by atoms with E-state index in [2.05, 4.69) is 10.4 Å². The van der Waals surface area contributed by atoms with Crippen LogP contribution >= 0.6 is 0 Å². The Kier molecular flexibility index (Phi) is 5.62. The molecule has 7 nitrogen and oxygen atoms in total. The van der Waals surface area contributed by atoms with Crippen LogP contribution in [0.4, 0.5) is 5.69 Å². The van der Waals surface area contributed by atoms with Crippen molar-refractivity contribution in [2.45, 2.75) is 24.8 Å². The number of carbonyl (C=O) groups is 1. The van der Waals surface area contributed by atoms with Crippen molar-refractivity contribution < 1.29 is 13.2 Å². The standard InChI is InChI=1S/C20H22N4O3S/c1-15(2)23(3)28(26,27)19-11-7-17(8-12-19)22-20(25)16-5-9-18(10-6-16)24-14-4-13-21-24/h4-15H,1-3H3,(H,22,25). The van der Waals surface area contributed by atoms with Gasteiger partial charge in [0.25, 0.3) is 5.91 Å². The largest absolute Gasteiger partial charge is 0.322 e. The first-order valence-corrected chi connectivity index (χ1v) is 10.2. The smallest absolute Gasteiger partial charge is 0.255 e. The van der Waals surface area contributed by atoms with Crippen molar-refractivity contribution >= 4 is 21.6 Å². The maximum Gasteiger partial charge on any atom is 0.255 e. The second-order valence-corrected chi connectivity index (χ2v) is 8.59. The first-order chi connectivity index (χ1) is 13.3. The lowest BCUT2D eigenvalue weighted by Gasteiger charge is -2.21. The van der Waals surface area contributed by atoms with E-state index in [0.29, 0.717) is 11.3 Å². The molecule has 3 aromatic rings. The summed E-state index contributed by atoms with van der Waals surface area (Å²) in [5.41, 5.74) is 1.87. The van der Waals surface area contributed by atoms with Crippen LogP contribution in [-0.2, 0) is 10.0 Å². The molecule has 0 aliphatic carbocycles. The summed E-state index contributed by atoms with van der Waals surface area (Å²) in [6.45, 7) is 3.62. The van der Waals surface area contributed by atoms with Gasteiger partial charge in [0.1, 0.15) is 0 Å². The fraction of sp³-hybridized carbons (Fsp3) is 0.200. The van der Waals surface area contributed by atoms with Gasteiger partial charge in [0.15, 0.2) is 0 Å². The first kappa shape index (κ1) is 19.8. The number of nitrogens with one attached hydrogen (secondary N) is 1. The predicted molar refractivity (Wildman–Crippen MR) is 108 cm³/mol. The first-order valence-electron chi connectivity index (χ1n) is 8.78. The minimum atomic E-state index is -3.55. The van der Waals surface area contributed by atoms with Crippen LogP contribution in [0, 0.1) is 0 Å². The maximum atomic E-state index is 12.5. The van der Waals surface area contributed by atoms with E-state index in [0.717, 1.165) is 5.69 Å². The number of hydrogen-bond donors (Lipinski definition) is 1. The van der Waals surface area contributed by atoms with Crippen LogP contribution in [0.25, 0.3) is 5.69 Å². The zero-order valence-corrected chi connectivity index (χ0v) is 16.7. The molecule has 0 aliphatic heterocycles. The number of sulfonamides is 1. The van der Waals surface area contributed by atoms with Crippen LogP contribution in [0.3, 0.4) is 0 Å². The summed E-state index contributed by atoms with van der Waals surface area (Å²) in [7, 11) is -2.01. The van der Waals surface area contributed by atoms with E-state index < -0.39 is 10.0 Å². The number of amides is 1. The fourth-order valence-corrected chi connectivity index (χ4v) is 3.91.